The van der Waals surface area contributed by atoms with Crippen molar-refractivity contribution in [2.24, 2.45) is 5.92 Å². The predicted molar refractivity (Wildman–Crippen MR) is 96.7 cm³/mol. The number of ether oxygens (including phenoxy) is 1. The van der Waals surface area contributed by atoms with Crippen LogP contribution in [0, 0.1) is 5.92 Å². The van der Waals surface area contributed by atoms with Crippen molar-refractivity contribution >= 4 is 12.0 Å². The van der Waals surface area contributed by atoms with Crippen LogP contribution in [0.3, 0.4) is 0 Å². The van der Waals surface area contributed by atoms with Crippen molar-refractivity contribution in [3.8, 4) is 5.75 Å². The summed E-state index contributed by atoms with van der Waals surface area (Å²) in [5, 5.41) is 12.1. The van der Waals surface area contributed by atoms with Crippen molar-refractivity contribution in [1.29, 1.82) is 0 Å². The van der Waals surface area contributed by atoms with Gasteiger partial charge in [0.15, 0.2) is 0 Å². The van der Waals surface area contributed by atoms with Crippen LogP contribution < -0.4 is 5.32 Å². The van der Waals surface area contributed by atoms with E-state index in [-0.39, 0.29) is 30.3 Å². The minimum atomic E-state index is -0.318. The number of benzene rings is 2. The number of nitrogens with one attached hydrogen (secondary N) is 1. The lowest BCUT2D eigenvalue weighted by molar-refractivity contribution is 0.0945. The maximum Gasteiger partial charge on any atom is 0.410 e. The lowest BCUT2D eigenvalue weighted by Crippen LogP contribution is -2.33. The minimum absolute atomic E-state index is 0.127. The van der Waals surface area contributed by atoms with E-state index in [0.717, 1.165) is 12.0 Å². The molecule has 1 aliphatic rings. The third-order valence-corrected chi connectivity index (χ3v) is 4.43. The monoisotopic (exact) mass is 354 g/mol. The van der Waals surface area contributed by atoms with Crippen LogP contribution in [-0.2, 0) is 11.3 Å². The summed E-state index contributed by atoms with van der Waals surface area (Å²) in [7, 11) is 0. The first-order valence-electron chi connectivity index (χ1n) is 8.64. The smallest absolute Gasteiger partial charge is 0.410 e. The summed E-state index contributed by atoms with van der Waals surface area (Å²) in [5.41, 5.74) is 1.46. The second-order valence-electron chi connectivity index (χ2n) is 6.40. The summed E-state index contributed by atoms with van der Waals surface area (Å²) in [6.07, 6.45) is 0.511. The number of hydrogen-bond donors (Lipinski definition) is 2. The van der Waals surface area contributed by atoms with Crippen LogP contribution in [0.5, 0.6) is 5.75 Å². The van der Waals surface area contributed by atoms with Gasteiger partial charge in [0.05, 0.1) is 0 Å². The molecule has 0 aliphatic carbocycles. The molecule has 2 aromatic carbocycles. The molecule has 3 rings (SSSR count). The highest BCUT2D eigenvalue weighted by atomic mass is 16.6. The molecule has 1 unspecified atom stereocenters. The molecule has 1 aliphatic heterocycles. The number of likely N-dealkylation sites (tertiary alicyclic amines) is 1. The van der Waals surface area contributed by atoms with Crippen molar-refractivity contribution in [2.45, 2.75) is 13.0 Å². The van der Waals surface area contributed by atoms with Gasteiger partial charge < -0.3 is 20.1 Å². The highest BCUT2D eigenvalue weighted by molar-refractivity contribution is 5.94. The van der Waals surface area contributed by atoms with Crippen LogP contribution in [0.4, 0.5) is 4.79 Å². The molecule has 0 saturated carbocycles. The zero-order valence-electron chi connectivity index (χ0n) is 14.4. The first-order chi connectivity index (χ1) is 12.6. The molecule has 0 radical (unpaired) electrons. The van der Waals surface area contributed by atoms with Gasteiger partial charge in [-0.3, -0.25) is 4.79 Å². The summed E-state index contributed by atoms with van der Waals surface area (Å²) in [4.78, 5) is 25.9. The SMILES string of the molecule is O=C(NCC1CCN(C(=O)OCc2ccccc2)C1)c1ccc(O)cc1. The van der Waals surface area contributed by atoms with Crippen LogP contribution >= 0.6 is 0 Å². The highest BCUT2D eigenvalue weighted by Crippen LogP contribution is 2.17. The predicted octanol–water partition coefficient (Wildman–Crippen LogP) is 2.78. The third-order valence-electron chi connectivity index (χ3n) is 4.43. The lowest BCUT2D eigenvalue weighted by Gasteiger charge is -2.16. The average Bonchev–Trinajstić information content (AvgIpc) is 3.15. The Hall–Kier alpha value is -3.02. The molecule has 0 aromatic heterocycles. The van der Waals surface area contributed by atoms with Gasteiger partial charge in [-0.1, -0.05) is 30.3 Å². The van der Waals surface area contributed by atoms with Gasteiger partial charge in [-0.2, -0.15) is 0 Å². The number of phenols is 1. The van der Waals surface area contributed by atoms with Crippen LogP contribution in [0.25, 0.3) is 0 Å². The number of amides is 2. The van der Waals surface area contributed by atoms with Gasteiger partial charge in [0.25, 0.3) is 5.91 Å². The van der Waals surface area contributed by atoms with E-state index in [1.165, 1.54) is 12.1 Å². The van der Waals surface area contributed by atoms with Gasteiger partial charge in [-0.15, -0.1) is 0 Å². The van der Waals surface area contributed by atoms with E-state index in [9.17, 15) is 14.7 Å². The van der Waals surface area contributed by atoms with E-state index in [1.807, 2.05) is 30.3 Å². The van der Waals surface area contributed by atoms with Gasteiger partial charge in [0.1, 0.15) is 12.4 Å². The van der Waals surface area contributed by atoms with Crippen LogP contribution in [0.15, 0.2) is 54.6 Å². The molecule has 0 bridgehead atoms. The zero-order chi connectivity index (χ0) is 18.4. The largest absolute Gasteiger partial charge is 0.508 e. The fourth-order valence-electron chi connectivity index (χ4n) is 2.93. The summed E-state index contributed by atoms with van der Waals surface area (Å²) >= 11 is 0. The maximum absolute atomic E-state index is 12.1. The number of nitrogens with zero attached hydrogens (tertiary/aromatic N) is 1. The quantitative estimate of drug-likeness (QED) is 0.865. The van der Waals surface area contributed by atoms with Gasteiger partial charge in [0, 0.05) is 25.2 Å². The normalized spacial score (nSPS) is 16.3. The van der Waals surface area contributed by atoms with E-state index >= 15 is 0 Å². The minimum Gasteiger partial charge on any atom is -0.508 e. The van der Waals surface area contributed by atoms with Crippen LogP contribution in [-0.4, -0.2) is 41.6 Å². The standard InChI is InChI=1S/C20H22N2O4/c23-18-8-6-17(7-9-18)19(24)21-12-16-10-11-22(13-16)20(25)26-14-15-4-2-1-3-5-15/h1-9,16,23H,10-14H2,(H,21,24). The molecular formula is C20H22N2O4. The molecule has 6 nitrogen and oxygen atoms in total. The lowest BCUT2D eigenvalue weighted by atomic mass is 10.1. The number of phenolic OH excluding ortho intramolecular Hbond substituents is 1. The van der Waals surface area contributed by atoms with E-state index in [1.54, 1.807) is 17.0 Å². The van der Waals surface area contributed by atoms with Crippen molar-refractivity contribution in [3.63, 3.8) is 0 Å². The van der Waals surface area contributed by atoms with Crippen molar-refractivity contribution < 1.29 is 19.4 Å². The highest BCUT2D eigenvalue weighted by Gasteiger charge is 2.27. The topological polar surface area (TPSA) is 78.9 Å². The molecule has 6 heteroatoms. The van der Waals surface area contributed by atoms with E-state index in [2.05, 4.69) is 5.32 Å². The van der Waals surface area contributed by atoms with E-state index < -0.39 is 0 Å². The van der Waals surface area contributed by atoms with Gasteiger partial charge in [-0.25, -0.2) is 4.79 Å². The second-order valence-corrected chi connectivity index (χ2v) is 6.40. The molecule has 2 amide bonds. The number of carbonyl (C=O) groups excluding carboxylic acids is 2. The Morgan fingerprint density at radius 2 is 1.85 bits per heavy atom. The number of hydrogen-bond acceptors (Lipinski definition) is 4. The van der Waals surface area contributed by atoms with Crippen molar-refractivity contribution in [3.05, 3.63) is 65.7 Å². The Bertz CT molecular complexity index is 746. The molecule has 26 heavy (non-hydrogen) atoms. The molecule has 0 spiro atoms. The molecule has 2 aromatic rings. The Morgan fingerprint density at radius 1 is 1.12 bits per heavy atom. The third kappa shape index (κ3) is 4.75. The Morgan fingerprint density at radius 3 is 2.58 bits per heavy atom. The number of aromatic hydroxyl groups is 1. The van der Waals surface area contributed by atoms with Crippen molar-refractivity contribution in [1.82, 2.24) is 10.2 Å². The van der Waals surface area contributed by atoms with Gasteiger partial charge in [0.2, 0.25) is 0 Å². The molecule has 1 fully saturated rings. The Balaban J connectivity index is 1.41. The first kappa shape index (κ1) is 17.8. The molecule has 1 atom stereocenters. The van der Waals surface area contributed by atoms with Crippen LogP contribution in [0.2, 0.25) is 0 Å². The van der Waals surface area contributed by atoms with Gasteiger partial charge in [-0.05, 0) is 42.2 Å². The summed E-state index contributed by atoms with van der Waals surface area (Å²) in [6.45, 7) is 1.97. The van der Waals surface area contributed by atoms with Crippen molar-refractivity contribution in [2.75, 3.05) is 19.6 Å². The zero-order valence-corrected chi connectivity index (χ0v) is 14.4. The first-order valence-corrected chi connectivity index (χ1v) is 8.64. The molecule has 136 valence electrons. The molecule has 2 N–H and O–H groups in total. The van der Waals surface area contributed by atoms with E-state index in [4.69, 9.17) is 4.74 Å². The fourth-order valence-corrected chi connectivity index (χ4v) is 2.93. The number of carbonyl (C=O) groups is 2. The van der Waals surface area contributed by atoms with E-state index in [0.29, 0.717) is 25.2 Å². The molecular weight excluding hydrogens is 332 g/mol. The summed E-state index contributed by atoms with van der Waals surface area (Å²) in [5.74, 6) is 0.150. The molecule has 1 saturated heterocycles. The summed E-state index contributed by atoms with van der Waals surface area (Å²) < 4.78 is 5.34. The maximum atomic E-state index is 12.1. The second kappa shape index (κ2) is 8.38. The summed E-state index contributed by atoms with van der Waals surface area (Å²) in [6, 6.07) is 15.7. The number of rotatable bonds is 5. The van der Waals surface area contributed by atoms with Crippen LogP contribution in [0.1, 0.15) is 22.3 Å². The Labute approximate surface area is 152 Å². The fraction of sp³-hybridized carbons (Fsp3) is 0.300. The average molecular weight is 354 g/mol. The van der Waals surface area contributed by atoms with Gasteiger partial charge >= 0.3 is 6.09 Å². The molecule has 1 heterocycles. The Kier molecular flexibility index (Phi) is 5.73.